The molecular formula is C16H13N3O4S. The zero-order valence-corrected chi connectivity index (χ0v) is 13.3. The van der Waals surface area contributed by atoms with Gasteiger partial charge in [0, 0.05) is 17.9 Å². The number of benzene rings is 2. The summed E-state index contributed by atoms with van der Waals surface area (Å²) in [6.07, 6.45) is -0.0764. The summed E-state index contributed by atoms with van der Waals surface area (Å²) in [5, 5.41) is 11.5. The predicted molar refractivity (Wildman–Crippen MR) is 89.8 cm³/mol. The van der Waals surface area contributed by atoms with Crippen LogP contribution in [0.5, 0.6) is 11.5 Å². The molecular weight excluding hydrogens is 330 g/mol. The maximum absolute atomic E-state index is 10.8. The fourth-order valence-electron chi connectivity index (χ4n) is 2.47. The summed E-state index contributed by atoms with van der Waals surface area (Å²) in [5.41, 5.74) is 1.40. The minimum absolute atomic E-state index is 0.0447. The fourth-order valence-corrected chi connectivity index (χ4v) is 3.33. The summed E-state index contributed by atoms with van der Waals surface area (Å²) < 4.78 is 11.6. The maximum atomic E-state index is 10.8. The van der Waals surface area contributed by atoms with Gasteiger partial charge < -0.3 is 14.5 Å². The van der Waals surface area contributed by atoms with Crippen LogP contribution in [0.3, 0.4) is 0 Å². The summed E-state index contributed by atoms with van der Waals surface area (Å²) in [4.78, 5) is 17.9. The molecule has 122 valence electrons. The number of thioether (sulfide) groups is 1. The van der Waals surface area contributed by atoms with Gasteiger partial charge in [-0.3, -0.25) is 10.1 Å². The Labute approximate surface area is 141 Å². The quantitative estimate of drug-likeness (QED) is 0.443. The molecule has 0 amide bonds. The van der Waals surface area contributed by atoms with E-state index in [0.717, 1.165) is 11.5 Å². The van der Waals surface area contributed by atoms with E-state index in [1.807, 2.05) is 24.3 Å². The molecule has 1 atom stereocenters. The number of nitro groups is 1. The summed E-state index contributed by atoms with van der Waals surface area (Å²) in [6.45, 7) is 0.482. The number of hydrogen-bond acceptors (Lipinski definition) is 6. The van der Waals surface area contributed by atoms with Gasteiger partial charge in [0.2, 0.25) is 0 Å². The summed E-state index contributed by atoms with van der Waals surface area (Å²) in [5.74, 6) is 2.17. The number of aromatic nitrogens is 2. The molecule has 1 aliphatic rings. The number of non-ortho nitro benzene ring substituents is 1. The molecule has 1 unspecified atom stereocenters. The molecule has 1 N–H and O–H groups in total. The van der Waals surface area contributed by atoms with Crippen LogP contribution in [0.4, 0.5) is 5.69 Å². The number of H-pyrrole nitrogens is 1. The summed E-state index contributed by atoms with van der Waals surface area (Å²) in [6, 6.07) is 12.2. The van der Waals surface area contributed by atoms with E-state index < -0.39 is 4.92 Å². The first kappa shape index (κ1) is 14.8. The summed E-state index contributed by atoms with van der Waals surface area (Å²) in [7, 11) is 0. The van der Waals surface area contributed by atoms with Crippen LogP contribution in [0.15, 0.2) is 47.6 Å². The Kier molecular flexibility index (Phi) is 3.73. The Morgan fingerprint density at radius 1 is 1.29 bits per heavy atom. The van der Waals surface area contributed by atoms with Gasteiger partial charge in [0.25, 0.3) is 5.69 Å². The Morgan fingerprint density at radius 3 is 2.96 bits per heavy atom. The zero-order chi connectivity index (χ0) is 16.5. The van der Waals surface area contributed by atoms with Gasteiger partial charge in [-0.2, -0.15) is 0 Å². The highest BCUT2D eigenvalue weighted by atomic mass is 32.2. The second-order valence-electron chi connectivity index (χ2n) is 5.31. The second kappa shape index (κ2) is 6.04. The average Bonchev–Trinajstić information content (AvgIpc) is 3.01. The number of para-hydroxylation sites is 2. The van der Waals surface area contributed by atoms with Crippen molar-refractivity contribution in [1.29, 1.82) is 0 Å². The molecule has 1 aromatic heterocycles. The number of ether oxygens (including phenoxy) is 2. The summed E-state index contributed by atoms with van der Waals surface area (Å²) >= 11 is 1.50. The molecule has 0 bridgehead atoms. The third-order valence-electron chi connectivity index (χ3n) is 3.63. The molecule has 3 aromatic rings. The van der Waals surface area contributed by atoms with Gasteiger partial charge in [0.05, 0.1) is 16.0 Å². The lowest BCUT2D eigenvalue weighted by Crippen LogP contribution is -2.31. The minimum atomic E-state index is -0.419. The van der Waals surface area contributed by atoms with E-state index in [-0.39, 0.29) is 11.8 Å². The van der Waals surface area contributed by atoms with Gasteiger partial charge in [0.15, 0.2) is 16.7 Å². The number of aromatic amines is 1. The lowest BCUT2D eigenvalue weighted by molar-refractivity contribution is -0.384. The minimum Gasteiger partial charge on any atom is -0.486 e. The Hall–Kier alpha value is -2.74. The molecule has 4 rings (SSSR count). The average molecular weight is 343 g/mol. The van der Waals surface area contributed by atoms with Crippen LogP contribution < -0.4 is 9.47 Å². The molecule has 8 heteroatoms. The highest BCUT2D eigenvalue weighted by Crippen LogP contribution is 2.32. The molecule has 2 aromatic carbocycles. The number of hydrogen-bond donors (Lipinski definition) is 1. The van der Waals surface area contributed by atoms with Crippen LogP contribution in [0, 0.1) is 10.1 Å². The predicted octanol–water partition coefficient (Wildman–Crippen LogP) is 3.40. The van der Waals surface area contributed by atoms with Gasteiger partial charge in [-0.25, -0.2) is 4.98 Å². The van der Waals surface area contributed by atoms with E-state index in [1.165, 1.54) is 23.9 Å². The van der Waals surface area contributed by atoms with Gasteiger partial charge in [-0.1, -0.05) is 23.9 Å². The van der Waals surface area contributed by atoms with Crippen LogP contribution in [-0.4, -0.2) is 33.4 Å². The van der Waals surface area contributed by atoms with E-state index in [4.69, 9.17) is 9.47 Å². The first-order valence-corrected chi connectivity index (χ1v) is 8.33. The molecule has 24 heavy (non-hydrogen) atoms. The monoisotopic (exact) mass is 343 g/mol. The van der Waals surface area contributed by atoms with E-state index in [2.05, 4.69) is 9.97 Å². The molecule has 0 saturated heterocycles. The van der Waals surface area contributed by atoms with Gasteiger partial charge in [0.1, 0.15) is 12.7 Å². The third-order valence-corrected chi connectivity index (χ3v) is 4.63. The zero-order valence-electron chi connectivity index (χ0n) is 12.5. The number of fused-ring (bicyclic) bond motifs is 2. The molecule has 1 aliphatic heterocycles. The first-order chi connectivity index (χ1) is 11.7. The van der Waals surface area contributed by atoms with E-state index in [0.29, 0.717) is 28.5 Å². The highest BCUT2D eigenvalue weighted by molar-refractivity contribution is 7.99. The number of nitrogens with one attached hydrogen (secondary N) is 1. The number of rotatable bonds is 4. The Balaban J connectivity index is 1.45. The standard InChI is InChI=1S/C16H13N3O4S/c20-19(21)10-5-6-12-13(7-10)18-16(17-12)24-9-11-8-22-14-3-1-2-4-15(14)23-11/h1-7,11H,8-9H2,(H,17,18). The molecule has 7 nitrogen and oxygen atoms in total. The molecule has 0 fully saturated rings. The van der Waals surface area contributed by atoms with Crippen molar-refractivity contribution < 1.29 is 14.4 Å². The largest absolute Gasteiger partial charge is 0.486 e. The van der Waals surface area contributed by atoms with E-state index >= 15 is 0 Å². The van der Waals surface area contributed by atoms with E-state index in [1.54, 1.807) is 6.07 Å². The molecule has 0 saturated carbocycles. The maximum Gasteiger partial charge on any atom is 0.271 e. The Morgan fingerprint density at radius 2 is 2.12 bits per heavy atom. The SMILES string of the molecule is O=[N+]([O-])c1ccc2nc(SCC3COc4ccccc4O3)[nH]c2c1. The number of nitrogens with zero attached hydrogens (tertiary/aromatic N) is 2. The van der Waals surface area contributed by atoms with Crippen LogP contribution in [-0.2, 0) is 0 Å². The van der Waals surface area contributed by atoms with E-state index in [9.17, 15) is 10.1 Å². The van der Waals surface area contributed by atoms with Crippen molar-refractivity contribution in [2.45, 2.75) is 11.3 Å². The lowest BCUT2D eigenvalue weighted by Gasteiger charge is -2.25. The van der Waals surface area contributed by atoms with Crippen molar-refractivity contribution in [3.8, 4) is 11.5 Å². The topological polar surface area (TPSA) is 90.3 Å². The molecule has 0 spiro atoms. The third kappa shape index (κ3) is 2.88. The molecule has 2 heterocycles. The van der Waals surface area contributed by atoms with Gasteiger partial charge >= 0.3 is 0 Å². The van der Waals surface area contributed by atoms with Crippen molar-refractivity contribution in [3.63, 3.8) is 0 Å². The van der Waals surface area contributed by atoms with Crippen molar-refractivity contribution in [3.05, 3.63) is 52.6 Å². The Bertz CT molecular complexity index is 911. The van der Waals surface area contributed by atoms with Crippen LogP contribution in [0.25, 0.3) is 11.0 Å². The van der Waals surface area contributed by atoms with Crippen molar-refractivity contribution in [2.24, 2.45) is 0 Å². The van der Waals surface area contributed by atoms with Crippen LogP contribution in [0.2, 0.25) is 0 Å². The number of nitro benzene ring substituents is 1. The van der Waals surface area contributed by atoms with Crippen molar-refractivity contribution in [1.82, 2.24) is 9.97 Å². The first-order valence-electron chi connectivity index (χ1n) is 7.34. The van der Waals surface area contributed by atoms with Crippen molar-refractivity contribution >= 4 is 28.5 Å². The highest BCUT2D eigenvalue weighted by Gasteiger charge is 2.21. The molecule has 0 radical (unpaired) electrons. The number of imidazole rings is 1. The smallest absolute Gasteiger partial charge is 0.271 e. The fraction of sp³-hybridized carbons (Fsp3) is 0.188. The van der Waals surface area contributed by atoms with Gasteiger partial charge in [-0.15, -0.1) is 0 Å². The van der Waals surface area contributed by atoms with Crippen LogP contribution in [0.1, 0.15) is 0 Å². The van der Waals surface area contributed by atoms with Crippen molar-refractivity contribution in [2.75, 3.05) is 12.4 Å². The van der Waals surface area contributed by atoms with Gasteiger partial charge in [-0.05, 0) is 18.2 Å². The normalized spacial score (nSPS) is 16.2. The second-order valence-corrected chi connectivity index (χ2v) is 6.32. The lowest BCUT2D eigenvalue weighted by atomic mass is 10.3. The van der Waals surface area contributed by atoms with Crippen LogP contribution >= 0.6 is 11.8 Å². The molecule has 0 aliphatic carbocycles.